The van der Waals surface area contributed by atoms with E-state index in [9.17, 15) is 8.78 Å². The lowest BCUT2D eigenvalue weighted by molar-refractivity contribution is -0.0521. The van der Waals surface area contributed by atoms with Crippen LogP contribution in [0.2, 0.25) is 0 Å². The van der Waals surface area contributed by atoms with Gasteiger partial charge in [0.25, 0.3) is 0 Å². The second-order valence-corrected chi connectivity index (χ2v) is 6.53. The molecule has 1 heterocycles. The highest BCUT2D eigenvalue weighted by Crippen LogP contribution is 2.37. The Hall–Kier alpha value is -2.18. The Balaban J connectivity index is 1.79. The van der Waals surface area contributed by atoms with Crippen LogP contribution in [0.25, 0.3) is 0 Å². The van der Waals surface area contributed by atoms with Gasteiger partial charge in [-0.25, -0.2) is 0 Å². The van der Waals surface area contributed by atoms with E-state index in [0.29, 0.717) is 36.2 Å². The van der Waals surface area contributed by atoms with Gasteiger partial charge in [-0.15, -0.1) is 0 Å². The minimum atomic E-state index is -2.89. The molecule has 0 aliphatic carbocycles. The van der Waals surface area contributed by atoms with Gasteiger partial charge in [-0.1, -0.05) is 42.5 Å². The summed E-state index contributed by atoms with van der Waals surface area (Å²) in [4.78, 5) is 2.24. The van der Waals surface area contributed by atoms with Gasteiger partial charge in [0.2, 0.25) is 0 Å². The van der Waals surface area contributed by atoms with Crippen molar-refractivity contribution in [3.05, 3.63) is 59.7 Å². The smallest absolute Gasteiger partial charge is 0.387 e. The Morgan fingerprint density at radius 2 is 1.88 bits per heavy atom. The Kier molecular flexibility index (Phi) is 6.06. The van der Waals surface area contributed by atoms with Crippen molar-refractivity contribution in [2.45, 2.75) is 19.1 Å². The van der Waals surface area contributed by atoms with E-state index in [4.69, 9.17) is 15.2 Å². The average molecular weight is 362 g/mol. The number of para-hydroxylation sites is 1. The minimum absolute atomic E-state index is 0.109. The molecule has 1 aliphatic heterocycles. The molecule has 0 aromatic heterocycles. The molecule has 2 aromatic carbocycles. The van der Waals surface area contributed by atoms with Crippen molar-refractivity contribution >= 4 is 0 Å². The molecule has 0 radical (unpaired) electrons. The maximum atomic E-state index is 12.8. The van der Waals surface area contributed by atoms with Crippen molar-refractivity contribution in [2.24, 2.45) is 11.7 Å². The predicted octanol–water partition coefficient (Wildman–Crippen LogP) is 3.47. The first-order valence-electron chi connectivity index (χ1n) is 8.70. The second-order valence-electron chi connectivity index (χ2n) is 6.53. The number of alkyl halides is 2. The monoisotopic (exact) mass is 362 g/mol. The van der Waals surface area contributed by atoms with Crippen molar-refractivity contribution in [1.29, 1.82) is 0 Å². The van der Waals surface area contributed by atoms with Crippen LogP contribution in [-0.4, -0.2) is 38.3 Å². The number of benzene rings is 2. The van der Waals surface area contributed by atoms with Crippen LogP contribution in [0.1, 0.15) is 17.0 Å². The third-order valence-electron chi connectivity index (χ3n) is 4.93. The van der Waals surface area contributed by atoms with Crippen LogP contribution in [-0.2, 0) is 6.54 Å². The summed E-state index contributed by atoms with van der Waals surface area (Å²) in [5.41, 5.74) is 7.94. The van der Waals surface area contributed by atoms with E-state index >= 15 is 0 Å². The number of nitrogens with zero attached hydrogens (tertiary/aromatic N) is 1. The Labute approximate surface area is 152 Å². The molecule has 3 rings (SSSR count). The van der Waals surface area contributed by atoms with Crippen LogP contribution in [0.15, 0.2) is 48.5 Å². The van der Waals surface area contributed by atoms with E-state index in [2.05, 4.69) is 17.0 Å². The highest BCUT2D eigenvalue weighted by molar-refractivity contribution is 5.46. The highest BCUT2D eigenvalue weighted by atomic mass is 19.3. The van der Waals surface area contributed by atoms with Crippen molar-refractivity contribution in [3.8, 4) is 11.5 Å². The largest absolute Gasteiger partial charge is 0.493 e. The van der Waals surface area contributed by atoms with Gasteiger partial charge in [-0.2, -0.15) is 8.78 Å². The molecule has 140 valence electrons. The van der Waals surface area contributed by atoms with E-state index in [1.165, 1.54) is 12.7 Å². The molecular weight excluding hydrogens is 338 g/mol. The molecule has 0 amide bonds. The summed E-state index contributed by atoms with van der Waals surface area (Å²) in [6.45, 7) is -0.135. The number of nitrogens with two attached hydrogens (primary N) is 1. The molecule has 0 saturated carbocycles. The van der Waals surface area contributed by atoms with Crippen molar-refractivity contribution in [3.63, 3.8) is 0 Å². The summed E-state index contributed by atoms with van der Waals surface area (Å²) in [7, 11) is 1.45. The van der Waals surface area contributed by atoms with Crippen molar-refractivity contribution in [1.82, 2.24) is 4.90 Å². The predicted molar refractivity (Wildman–Crippen MR) is 96.6 cm³/mol. The Bertz CT molecular complexity index is 712. The van der Waals surface area contributed by atoms with E-state index < -0.39 is 6.61 Å². The summed E-state index contributed by atoms with van der Waals surface area (Å²) < 4.78 is 35.6. The molecular formula is C20H24F2N2O2. The third kappa shape index (κ3) is 4.14. The topological polar surface area (TPSA) is 47.7 Å². The second kappa shape index (κ2) is 8.47. The van der Waals surface area contributed by atoms with Gasteiger partial charge in [0.1, 0.15) is 0 Å². The van der Waals surface area contributed by atoms with Crippen LogP contribution in [0.5, 0.6) is 11.5 Å². The first-order valence-corrected chi connectivity index (χ1v) is 8.70. The highest BCUT2D eigenvalue weighted by Gasteiger charge is 2.33. The number of hydrogen-bond acceptors (Lipinski definition) is 4. The van der Waals surface area contributed by atoms with Gasteiger partial charge >= 0.3 is 6.61 Å². The maximum Gasteiger partial charge on any atom is 0.387 e. The molecule has 2 N–H and O–H groups in total. The normalized spacial score (nSPS) is 20.5. The van der Waals surface area contributed by atoms with Crippen LogP contribution < -0.4 is 15.2 Å². The number of methoxy groups -OCH3 is 1. The molecule has 4 nitrogen and oxygen atoms in total. The van der Waals surface area contributed by atoms with E-state index in [1.807, 2.05) is 18.2 Å². The zero-order valence-corrected chi connectivity index (χ0v) is 14.8. The lowest BCUT2D eigenvalue weighted by Gasteiger charge is -2.20. The fraction of sp³-hybridized carbons (Fsp3) is 0.400. The number of rotatable bonds is 7. The fourth-order valence-corrected chi connectivity index (χ4v) is 3.72. The summed E-state index contributed by atoms with van der Waals surface area (Å²) in [6, 6.07) is 15.5. The molecule has 6 heteroatoms. The van der Waals surface area contributed by atoms with Crippen molar-refractivity contribution in [2.75, 3.05) is 26.7 Å². The molecule has 1 saturated heterocycles. The molecule has 0 unspecified atom stereocenters. The van der Waals surface area contributed by atoms with Gasteiger partial charge in [-0.05, 0) is 24.1 Å². The van der Waals surface area contributed by atoms with E-state index in [-0.39, 0.29) is 5.75 Å². The first kappa shape index (κ1) is 18.6. The van der Waals surface area contributed by atoms with Crippen LogP contribution >= 0.6 is 0 Å². The average Bonchev–Trinajstić information content (AvgIpc) is 3.06. The van der Waals surface area contributed by atoms with Gasteiger partial charge in [0.15, 0.2) is 11.5 Å². The Morgan fingerprint density at radius 3 is 2.54 bits per heavy atom. The maximum absolute atomic E-state index is 12.8. The number of halogens is 2. The molecule has 1 aliphatic rings. The van der Waals surface area contributed by atoms with Crippen molar-refractivity contribution < 1.29 is 18.3 Å². The SMILES string of the molecule is COc1cccc(CN2C[C@@H](CN)[C@H](c3ccccc3)C2)c1OC(F)F. The summed E-state index contributed by atoms with van der Waals surface area (Å²) >= 11 is 0. The minimum Gasteiger partial charge on any atom is -0.493 e. The zero-order chi connectivity index (χ0) is 18.5. The zero-order valence-electron chi connectivity index (χ0n) is 14.8. The lowest BCUT2D eigenvalue weighted by Crippen LogP contribution is -2.23. The van der Waals surface area contributed by atoms with Crippen LogP contribution in [0, 0.1) is 5.92 Å². The third-order valence-corrected chi connectivity index (χ3v) is 4.93. The van der Waals surface area contributed by atoms with E-state index in [0.717, 1.165) is 13.1 Å². The van der Waals surface area contributed by atoms with Gasteiger partial charge in [-0.3, -0.25) is 4.90 Å². The summed E-state index contributed by atoms with van der Waals surface area (Å²) in [5.74, 6) is 1.10. The summed E-state index contributed by atoms with van der Waals surface area (Å²) in [6.07, 6.45) is 0. The fourth-order valence-electron chi connectivity index (χ4n) is 3.72. The molecule has 2 aromatic rings. The van der Waals surface area contributed by atoms with Crippen LogP contribution in [0.4, 0.5) is 8.78 Å². The molecule has 26 heavy (non-hydrogen) atoms. The van der Waals surface area contributed by atoms with E-state index in [1.54, 1.807) is 18.2 Å². The molecule has 1 fully saturated rings. The quantitative estimate of drug-likeness (QED) is 0.819. The number of hydrogen-bond donors (Lipinski definition) is 1. The Morgan fingerprint density at radius 1 is 1.12 bits per heavy atom. The van der Waals surface area contributed by atoms with Gasteiger partial charge in [0.05, 0.1) is 7.11 Å². The first-order chi connectivity index (χ1) is 12.6. The van der Waals surface area contributed by atoms with Crippen LogP contribution in [0.3, 0.4) is 0 Å². The van der Waals surface area contributed by atoms with Gasteiger partial charge < -0.3 is 15.2 Å². The molecule has 0 spiro atoms. The number of ether oxygens (including phenoxy) is 2. The number of likely N-dealkylation sites (tertiary alicyclic amines) is 1. The molecule has 2 atom stereocenters. The standard InChI is InChI=1S/C20H24F2N2O2/c1-25-18-9-5-8-15(19(18)26-20(21)22)11-24-12-16(10-23)17(13-24)14-6-3-2-4-7-14/h2-9,16-17,20H,10-13,23H2,1H3/t16-,17+/m1/s1. The lowest BCUT2D eigenvalue weighted by atomic mass is 9.89. The summed E-state index contributed by atoms with van der Waals surface area (Å²) in [5, 5.41) is 0. The van der Waals surface area contributed by atoms with Gasteiger partial charge in [0, 0.05) is 31.1 Å². The molecule has 0 bridgehead atoms.